The van der Waals surface area contributed by atoms with Gasteiger partial charge in [0.1, 0.15) is 12.4 Å². The highest BCUT2D eigenvalue weighted by Crippen LogP contribution is 2.38. The number of fused-ring (bicyclic) bond motifs is 1. The van der Waals surface area contributed by atoms with Gasteiger partial charge >= 0.3 is 5.69 Å². The molecule has 1 fully saturated rings. The Morgan fingerprint density at radius 2 is 1.96 bits per heavy atom. The summed E-state index contributed by atoms with van der Waals surface area (Å²) >= 11 is 3.46. The third kappa shape index (κ3) is 4.03. The Balaban J connectivity index is 1.49. The summed E-state index contributed by atoms with van der Waals surface area (Å²) in [5, 5.41) is 7.58. The van der Waals surface area contributed by atoms with E-state index in [1.54, 1.807) is 4.57 Å². The Hall–Kier alpha value is -1.89. The van der Waals surface area contributed by atoms with Gasteiger partial charge in [-0.05, 0) is 49.3 Å². The molecule has 0 radical (unpaired) electrons. The summed E-state index contributed by atoms with van der Waals surface area (Å²) in [6.07, 6.45) is 7.45. The summed E-state index contributed by atoms with van der Waals surface area (Å²) in [6.45, 7) is 0.692. The first-order valence-corrected chi connectivity index (χ1v) is 10.6. The molecule has 6 nitrogen and oxygen atoms in total. The fourth-order valence-electron chi connectivity index (χ4n) is 4.00. The largest absolute Gasteiger partial charge is 0.347 e. The van der Waals surface area contributed by atoms with Crippen molar-refractivity contribution >= 4 is 21.8 Å². The lowest BCUT2D eigenvalue weighted by atomic mass is 9.77. The van der Waals surface area contributed by atoms with Gasteiger partial charge in [-0.1, -0.05) is 40.9 Å². The minimum atomic E-state index is -0.161. The van der Waals surface area contributed by atoms with Gasteiger partial charge in [0.05, 0.1) is 6.04 Å². The molecular weight excluding hydrogens is 408 g/mol. The van der Waals surface area contributed by atoms with E-state index in [-0.39, 0.29) is 24.2 Å². The maximum absolute atomic E-state index is 12.7. The molecule has 2 aromatic rings. The number of carbonyl (C=O) groups excluding carboxylic acids is 1. The molecule has 144 valence electrons. The minimum Gasteiger partial charge on any atom is -0.347 e. The summed E-state index contributed by atoms with van der Waals surface area (Å²) in [5.74, 6) is 1.13. The van der Waals surface area contributed by atoms with E-state index in [0.717, 1.165) is 54.4 Å². The molecule has 27 heavy (non-hydrogen) atoms. The van der Waals surface area contributed by atoms with Gasteiger partial charge < -0.3 is 5.32 Å². The van der Waals surface area contributed by atoms with Gasteiger partial charge in [-0.2, -0.15) is 5.10 Å². The van der Waals surface area contributed by atoms with Crippen LogP contribution in [0, 0.1) is 5.92 Å². The number of hydrogen-bond donors (Lipinski definition) is 1. The molecular formula is C20H25BrN4O2. The maximum Gasteiger partial charge on any atom is 0.346 e. The number of hydrogen-bond acceptors (Lipinski definition) is 3. The van der Waals surface area contributed by atoms with Crippen molar-refractivity contribution in [3.05, 3.63) is 50.6 Å². The van der Waals surface area contributed by atoms with Crippen LogP contribution >= 0.6 is 15.9 Å². The summed E-state index contributed by atoms with van der Waals surface area (Å²) in [5.41, 5.74) is 0.954. The Bertz CT molecular complexity index is 867. The van der Waals surface area contributed by atoms with Crippen LogP contribution in [0.2, 0.25) is 0 Å². The van der Waals surface area contributed by atoms with Crippen LogP contribution in [0.1, 0.15) is 56.0 Å². The van der Waals surface area contributed by atoms with E-state index >= 15 is 0 Å². The average Bonchev–Trinajstić information content (AvgIpc) is 2.77. The standard InChI is InChI=1S/C20H25BrN4O2/c21-16-10-8-15(9-11-16)19(14-5-4-6-14)22-18(26)13-25-20(27)24-12-3-1-2-7-17(24)23-25/h8-11,14,19H,1-7,12-13H2,(H,22,26). The minimum absolute atomic E-state index is 0.00417. The molecule has 1 amide bonds. The predicted molar refractivity (Wildman–Crippen MR) is 106 cm³/mol. The zero-order valence-corrected chi connectivity index (χ0v) is 17.0. The molecule has 4 rings (SSSR count). The predicted octanol–water partition coefficient (Wildman–Crippen LogP) is 3.19. The number of halogens is 1. The van der Waals surface area contributed by atoms with Gasteiger partial charge in [0.2, 0.25) is 5.91 Å². The number of rotatable bonds is 5. The van der Waals surface area contributed by atoms with Crippen molar-refractivity contribution in [3.63, 3.8) is 0 Å². The SMILES string of the molecule is O=C(Cn1nc2n(c1=O)CCCCC2)NC(c1ccc(Br)cc1)C1CCC1. The van der Waals surface area contributed by atoms with Crippen molar-refractivity contribution in [2.24, 2.45) is 5.92 Å². The number of aryl methyl sites for hydroxylation is 1. The number of aromatic nitrogens is 3. The summed E-state index contributed by atoms with van der Waals surface area (Å²) in [7, 11) is 0. The quantitative estimate of drug-likeness (QED) is 0.788. The van der Waals surface area contributed by atoms with Gasteiger partial charge in [0.15, 0.2) is 0 Å². The number of benzene rings is 1. The zero-order chi connectivity index (χ0) is 18.8. The number of nitrogens with zero attached hydrogens (tertiary/aromatic N) is 3. The first-order valence-electron chi connectivity index (χ1n) is 9.83. The Morgan fingerprint density at radius 3 is 2.67 bits per heavy atom. The highest BCUT2D eigenvalue weighted by molar-refractivity contribution is 9.10. The molecule has 1 saturated carbocycles. The molecule has 1 aromatic heterocycles. The summed E-state index contributed by atoms with van der Waals surface area (Å²) in [6, 6.07) is 8.11. The van der Waals surface area contributed by atoms with Gasteiger partial charge in [-0.25, -0.2) is 9.48 Å². The van der Waals surface area contributed by atoms with Crippen LogP contribution < -0.4 is 11.0 Å². The van der Waals surface area contributed by atoms with E-state index in [1.165, 1.54) is 11.1 Å². The lowest BCUT2D eigenvalue weighted by Crippen LogP contribution is -2.39. The monoisotopic (exact) mass is 432 g/mol. The second kappa shape index (κ2) is 8.00. The van der Waals surface area contributed by atoms with Crippen molar-refractivity contribution in [3.8, 4) is 0 Å². The third-order valence-corrected chi connectivity index (χ3v) is 6.27. The van der Waals surface area contributed by atoms with Crippen LogP contribution in [0.25, 0.3) is 0 Å². The van der Waals surface area contributed by atoms with Crippen molar-refractivity contribution in [1.82, 2.24) is 19.7 Å². The Morgan fingerprint density at radius 1 is 1.19 bits per heavy atom. The molecule has 0 saturated heterocycles. The molecule has 0 spiro atoms. The second-order valence-electron chi connectivity index (χ2n) is 7.61. The molecule has 1 N–H and O–H groups in total. The highest BCUT2D eigenvalue weighted by atomic mass is 79.9. The van der Waals surface area contributed by atoms with Crippen LogP contribution in [0.5, 0.6) is 0 Å². The van der Waals surface area contributed by atoms with Gasteiger partial charge in [0.25, 0.3) is 0 Å². The van der Waals surface area contributed by atoms with Crippen molar-refractivity contribution in [2.75, 3.05) is 0 Å². The number of amides is 1. The maximum atomic E-state index is 12.7. The molecule has 2 heterocycles. The lowest BCUT2D eigenvalue weighted by Gasteiger charge is -2.34. The summed E-state index contributed by atoms with van der Waals surface area (Å²) in [4.78, 5) is 25.3. The molecule has 1 aliphatic carbocycles. The van der Waals surface area contributed by atoms with Crippen molar-refractivity contribution in [1.29, 1.82) is 0 Å². The molecule has 7 heteroatoms. The lowest BCUT2D eigenvalue weighted by molar-refractivity contribution is -0.123. The zero-order valence-electron chi connectivity index (χ0n) is 15.4. The third-order valence-electron chi connectivity index (χ3n) is 5.74. The van der Waals surface area contributed by atoms with Crippen molar-refractivity contribution < 1.29 is 4.79 Å². The highest BCUT2D eigenvalue weighted by Gasteiger charge is 2.30. The second-order valence-corrected chi connectivity index (χ2v) is 8.52. The normalized spacial score (nSPS) is 18.3. The van der Waals surface area contributed by atoms with Crippen LogP contribution in [0.3, 0.4) is 0 Å². The first-order chi connectivity index (χ1) is 13.1. The number of carbonyl (C=O) groups is 1. The van der Waals surface area contributed by atoms with E-state index < -0.39 is 0 Å². The smallest absolute Gasteiger partial charge is 0.346 e. The molecule has 1 atom stereocenters. The van der Waals surface area contributed by atoms with E-state index in [1.807, 2.05) is 12.1 Å². The van der Waals surface area contributed by atoms with Crippen molar-refractivity contribution in [2.45, 2.75) is 64.1 Å². The average molecular weight is 433 g/mol. The van der Waals surface area contributed by atoms with Crippen LogP contribution in [-0.4, -0.2) is 20.3 Å². The topological polar surface area (TPSA) is 68.9 Å². The fourth-order valence-corrected chi connectivity index (χ4v) is 4.26. The van der Waals surface area contributed by atoms with E-state index in [9.17, 15) is 9.59 Å². The van der Waals surface area contributed by atoms with Gasteiger partial charge in [-0.3, -0.25) is 9.36 Å². The molecule has 1 unspecified atom stereocenters. The molecule has 2 aliphatic rings. The van der Waals surface area contributed by atoms with Gasteiger partial charge in [-0.15, -0.1) is 0 Å². The number of nitrogens with one attached hydrogen (secondary N) is 1. The molecule has 1 aromatic carbocycles. The van der Waals surface area contributed by atoms with Crippen LogP contribution in [0.15, 0.2) is 33.5 Å². The summed E-state index contributed by atoms with van der Waals surface area (Å²) < 4.78 is 4.09. The van der Waals surface area contributed by atoms with E-state index in [4.69, 9.17) is 0 Å². The van der Waals surface area contributed by atoms with Crippen LogP contribution in [-0.2, 0) is 24.3 Å². The van der Waals surface area contributed by atoms with Gasteiger partial charge in [0, 0.05) is 17.4 Å². The van der Waals surface area contributed by atoms with E-state index in [0.29, 0.717) is 12.5 Å². The molecule has 1 aliphatic heterocycles. The Kier molecular flexibility index (Phi) is 5.48. The fraction of sp³-hybridized carbons (Fsp3) is 0.550. The first kappa shape index (κ1) is 18.5. The molecule has 0 bridgehead atoms. The Labute approximate surface area is 167 Å². The van der Waals surface area contributed by atoms with Crippen LogP contribution in [0.4, 0.5) is 0 Å². The van der Waals surface area contributed by atoms with E-state index in [2.05, 4.69) is 38.5 Å².